The molecule has 1 aromatic rings. The maximum Gasteiger partial charge on any atom is 0.185 e. The Bertz CT molecular complexity index is 435. The molecule has 1 saturated heterocycles. The molecule has 5 heteroatoms. The van der Waals surface area contributed by atoms with Crippen molar-refractivity contribution in [2.24, 2.45) is 0 Å². The Balaban J connectivity index is 1.99. The molecule has 2 heterocycles. The number of hydrogen-bond donors (Lipinski definition) is 1. The van der Waals surface area contributed by atoms with E-state index in [0.717, 1.165) is 32.7 Å². The molecule has 1 unspecified atom stereocenters. The van der Waals surface area contributed by atoms with Gasteiger partial charge in [0.25, 0.3) is 0 Å². The number of aryl methyl sites for hydroxylation is 1. The van der Waals surface area contributed by atoms with Crippen LogP contribution in [-0.2, 0) is 0 Å². The monoisotopic (exact) mass is 310 g/mol. The molecule has 2 rings (SSSR count). The quantitative estimate of drug-likeness (QED) is 0.875. The lowest BCUT2D eigenvalue weighted by molar-refractivity contribution is 0.209. The minimum absolute atomic E-state index is 0.410. The molecule has 0 radical (unpaired) electrons. The number of anilines is 1. The second-order valence-corrected chi connectivity index (χ2v) is 7.25. The van der Waals surface area contributed by atoms with Crippen LogP contribution in [0.4, 0.5) is 5.13 Å². The lowest BCUT2D eigenvalue weighted by Crippen LogP contribution is -2.48. The summed E-state index contributed by atoms with van der Waals surface area (Å²) in [5, 5.41) is 4.78. The number of thiazole rings is 1. The minimum atomic E-state index is 0.410. The first-order valence-electron chi connectivity index (χ1n) is 8.22. The van der Waals surface area contributed by atoms with E-state index in [1.165, 1.54) is 22.1 Å². The molecule has 120 valence electrons. The molecule has 0 amide bonds. The highest BCUT2D eigenvalue weighted by atomic mass is 32.1. The van der Waals surface area contributed by atoms with Crippen LogP contribution in [0.1, 0.15) is 50.7 Å². The van der Waals surface area contributed by atoms with Gasteiger partial charge in [0.15, 0.2) is 5.13 Å². The predicted molar refractivity (Wildman–Crippen MR) is 92.5 cm³/mol. The highest BCUT2D eigenvalue weighted by Crippen LogP contribution is 2.31. The van der Waals surface area contributed by atoms with E-state index in [1.54, 1.807) is 0 Å². The Morgan fingerprint density at radius 1 is 1.19 bits per heavy atom. The van der Waals surface area contributed by atoms with Gasteiger partial charge < -0.3 is 10.2 Å². The summed E-state index contributed by atoms with van der Waals surface area (Å²) < 4.78 is 0. The van der Waals surface area contributed by atoms with Gasteiger partial charge in [-0.15, -0.1) is 11.3 Å². The summed E-state index contributed by atoms with van der Waals surface area (Å²) in [6.45, 7) is 16.7. The Morgan fingerprint density at radius 2 is 1.86 bits per heavy atom. The fraction of sp³-hybridized carbons (Fsp3) is 0.812. The number of hydrogen-bond acceptors (Lipinski definition) is 5. The van der Waals surface area contributed by atoms with Gasteiger partial charge in [-0.2, -0.15) is 0 Å². The first-order chi connectivity index (χ1) is 10.0. The van der Waals surface area contributed by atoms with Crippen LogP contribution >= 0.6 is 11.3 Å². The van der Waals surface area contributed by atoms with Crippen molar-refractivity contribution in [3.05, 3.63) is 10.6 Å². The highest BCUT2D eigenvalue weighted by Gasteiger charge is 2.22. The zero-order chi connectivity index (χ0) is 15.4. The van der Waals surface area contributed by atoms with Gasteiger partial charge in [-0.1, -0.05) is 6.92 Å². The first-order valence-corrected chi connectivity index (χ1v) is 9.04. The summed E-state index contributed by atoms with van der Waals surface area (Å²) in [4.78, 5) is 11.2. The molecule has 1 aliphatic heterocycles. The molecular weight excluding hydrogens is 280 g/mol. The van der Waals surface area contributed by atoms with Gasteiger partial charge in [-0.05, 0) is 40.7 Å². The van der Waals surface area contributed by atoms with Gasteiger partial charge in [-0.3, -0.25) is 4.90 Å². The van der Waals surface area contributed by atoms with Crippen LogP contribution in [0.5, 0.6) is 0 Å². The lowest BCUT2D eigenvalue weighted by atomic mass is 10.2. The number of rotatable bonds is 6. The van der Waals surface area contributed by atoms with Gasteiger partial charge in [0, 0.05) is 43.1 Å². The normalized spacial score (nSPS) is 18.5. The summed E-state index contributed by atoms with van der Waals surface area (Å²) in [5.41, 5.74) is 1.19. The standard InChI is InChI=1S/C16H30N4S/c1-6-7-17-13(4)15-14(5)18-16(21-15)20-10-8-19(9-11-20)12(2)3/h12-13,17H,6-11H2,1-5H3. The molecule has 1 aliphatic rings. The Kier molecular flexibility index (Phi) is 6.02. The summed E-state index contributed by atoms with van der Waals surface area (Å²) in [6.07, 6.45) is 1.17. The summed E-state index contributed by atoms with van der Waals surface area (Å²) in [7, 11) is 0. The third-order valence-electron chi connectivity index (χ3n) is 4.23. The summed E-state index contributed by atoms with van der Waals surface area (Å²) >= 11 is 1.87. The van der Waals surface area contributed by atoms with Crippen molar-refractivity contribution < 1.29 is 0 Å². The predicted octanol–water partition coefficient (Wildman–Crippen LogP) is 3.04. The third kappa shape index (κ3) is 4.18. The van der Waals surface area contributed by atoms with Crippen molar-refractivity contribution in [3.63, 3.8) is 0 Å². The van der Waals surface area contributed by atoms with E-state index in [9.17, 15) is 0 Å². The van der Waals surface area contributed by atoms with Crippen LogP contribution < -0.4 is 10.2 Å². The van der Waals surface area contributed by atoms with E-state index in [-0.39, 0.29) is 0 Å². The molecule has 0 spiro atoms. The van der Waals surface area contributed by atoms with E-state index in [1.807, 2.05) is 11.3 Å². The summed E-state index contributed by atoms with van der Waals surface area (Å²) in [6, 6.07) is 1.06. The zero-order valence-electron chi connectivity index (χ0n) is 14.1. The Hall–Kier alpha value is -0.650. The van der Waals surface area contributed by atoms with Crippen molar-refractivity contribution in [3.8, 4) is 0 Å². The Labute approximate surface area is 133 Å². The van der Waals surface area contributed by atoms with E-state index < -0.39 is 0 Å². The van der Waals surface area contributed by atoms with Gasteiger partial charge in [0.1, 0.15) is 0 Å². The summed E-state index contributed by atoms with van der Waals surface area (Å²) in [5.74, 6) is 0. The van der Waals surface area contributed by atoms with Gasteiger partial charge in [-0.25, -0.2) is 4.98 Å². The number of aromatic nitrogens is 1. The van der Waals surface area contributed by atoms with Crippen LogP contribution in [0.15, 0.2) is 0 Å². The van der Waals surface area contributed by atoms with Crippen molar-refractivity contribution in [1.82, 2.24) is 15.2 Å². The molecule has 1 N–H and O–H groups in total. The highest BCUT2D eigenvalue weighted by molar-refractivity contribution is 7.15. The van der Waals surface area contributed by atoms with Crippen LogP contribution in [0.3, 0.4) is 0 Å². The second-order valence-electron chi connectivity index (χ2n) is 6.24. The molecular formula is C16H30N4S. The molecule has 21 heavy (non-hydrogen) atoms. The van der Waals surface area contributed by atoms with Gasteiger partial charge >= 0.3 is 0 Å². The minimum Gasteiger partial charge on any atom is -0.346 e. The number of nitrogens with zero attached hydrogens (tertiary/aromatic N) is 3. The molecule has 0 aliphatic carbocycles. The van der Waals surface area contributed by atoms with Crippen molar-refractivity contribution in [2.45, 2.75) is 53.1 Å². The molecule has 4 nitrogen and oxygen atoms in total. The maximum atomic E-state index is 4.82. The smallest absolute Gasteiger partial charge is 0.185 e. The number of nitrogens with one attached hydrogen (secondary N) is 1. The SMILES string of the molecule is CCCNC(C)c1sc(N2CCN(C(C)C)CC2)nc1C. The Morgan fingerprint density at radius 3 is 2.43 bits per heavy atom. The van der Waals surface area contributed by atoms with E-state index >= 15 is 0 Å². The van der Waals surface area contributed by atoms with Crippen LogP contribution in [0.25, 0.3) is 0 Å². The second kappa shape index (κ2) is 7.56. The average molecular weight is 311 g/mol. The maximum absolute atomic E-state index is 4.82. The fourth-order valence-corrected chi connectivity index (χ4v) is 3.96. The largest absolute Gasteiger partial charge is 0.346 e. The van der Waals surface area contributed by atoms with E-state index in [2.05, 4.69) is 49.7 Å². The third-order valence-corrected chi connectivity index (χ3v) is 5.63. The lowest BCUT2D eigenvalue weighted by Gasteiger charge is -2.36. The molecule has 0 saturated carbocycles. The van der Waals surface area contributed by atoms with Gasteiger partial charge in [0.2, 0.25) is 0 Å². The fourth-order valence-electron chi connectivity index (χ4n) is 2.81. The topological polar surface area (TPSA) is 31.4 Å². The van der Waals surface area contributed by atoms with Gasteiger partial charge in [0.05, 0.1) is 5.69 Å². The molecule has 1 aromatic heterocycles. The zero-order valence-corrected chi connectivity index (χ0v) is 15.0. The van der Waals surface area contributed by atoms with E-state index in [0.29, 0.717) is 12.1 Å². The molecule has 0 bridgehead atoms. The molecule has 1 atom stereocenters. The van der Waals surface area contributed by atoms with Crippen LogP contribution in [0, 0.1) is 6.92 Å². The van der Waals surface area contributed by atoms with E-state index in [4.69, 9.17) is 4.98 Å². The van der Waals surface area contributed by atoms with Crippen LogP contribution in [-0.4, -0.2) is 48.6 Å². The van der Waals surface area contributed by atoms with Crippen molar-refractivity contribution in [1.29, 1.82) is 0 Å². The molecule has 0 aromatic carbocycles. The number of piperazine rings is 1. The van der Waals surface area contributed by atoms with Crippen LogP contribution in [0.2, 0.25) is 0 Å². The molecule has 1 fully saturated rings. The van der Waals surface area contributed by atoms with Crippen molar-refractivity contribution >= 4 is 16.5 Å². The first kappa shape index (κ1) is 16.7. The average Bonchev–Trinajstić information content (AvgIpc) is 2.87. The van der Waals surface area contributed by atoms with Crippen molar-refractivity contribution in [2.75, 3.05) is 37.6 Å².